The zero-order valence-corrected chi connectivity index (χ0v) is 11.3. The summed E-state index contributed by atoms with van der Waals surface area (Å²) in [5, 5.41) is 26.8. The Bertz CT molecular complexity index is 681. The zero-order chi connectivity index (χ0) is 15.4. The highest BCUT2D eigenvalue weighted by Gasteiger charge is 2.15. The van der Waals surface area contributed by atoms with Crippen LogP contribution in [0.2, 0.25) is 0 Å². The van der Waals surface area contributed by atoms with E-state index >= 15 is 0 Å². The number of hydrogen-bond donors (Lipinski definition) is 2. The van der Waals surface area contributed by atoms with Crippen LogP contribution in [0, 0.1) is 10.1 Å². The van der Waals surface area contributed by atoms with Gasteiger partial charge in [-0.25, -0.2) is 4.79 Å². The van der Waals surface area contributed by atoms with Gasteiger partial charge in [-0.15, -0.1) is 0 Å². The highest BCUT2D eigenvalue weighted by molar-refractivity contribution is 5.95. The number of nitro groups is 1. The third-order valence-corrected chi connectivity index (χ3v) is 3.06. The van der Waals surface area contributed by atoms with E-state index in [1.54, 1.807) is 10.9 Å². The number of hydrogen-bond acceptors (Lipinski definition) is 5. The third kappa shape index (κ3) is 3.35. The maximum atomic E-state index is 11.2. The topological polar surface area (TPSA) is 110 Å². The normalized spacial score (nSPS) is 10.3. The molecule has 0 amide bonds. The molecule has 0 saturated heterocycles. The predicted octanol–water partition coefficient (Wildman–Crippen LogP) is 1.68. The molecule has 0 unspecified atom stereocenters. The summed E-state index contributed by atoms with van der Waals surface area (Å²) in [6.45, 7) is 0.498. The lowest BCUT2D eigenvalue weighted by molar-refractivity contribution is -0.384. The van der Waals surface area contributed by atoms with E-state index < -0.39 is 10.9 Å². The second-order valence-corrected chi connectivity index (χ2v) is 4.42. The molecule has 8 heteroatoms. The van der Waals surface area contributed by atoms with Crippen LogP contribution in [0.5, 0.6) is 0 Å². The lowest BCUT2D eigenvalue weighted by Crippen LogP contribution is -2.11. The van der Waals surface area contributed by atoms with Crippen molar-refractivity contribution >= 4 is 17.3 Å². The quantitative estimate of drug-likeness (QED) is 0.618. The van der Waals surface area contributed by atoms with Crippen molar-refractivity contribution in [3.63, 3.8) is 0 Å². The van der Waals surface area contributed by atoms with Crippen LogP contribution in [-0.4, -0.2) is 32.3 Å². The van der Waals surface area contributed by atoms with Gasteiger partial charge in [0.1, 0.15) is 0 Å². The molecule has 0 aliphatic rings. The van der Waals surface area contributed by atoms with Crippen LogP contribution in [0.15, 0.2) is 30.5 Å². The maximum Gasteiger partial charge on any atom is 0.338 e. The number of nitrogens with one attached hydrogen (secondary N) is 1. The molecule has 0 atom stereocenters. The number of nitro benzene ring substituents is 1. The van der Waals surface area contributed by atoms with Gasteiger partial charge in [0.05, 0.1) is 10.5 Å². The molecule has 8 nitrogen and oxygen atoms in total. The van der Waals surface area contributed by atoms with Gasteiger partial charge in [0.2, 0.25) is 0 Å². The van der Waals surface area contributed by atoms with Gasteiger partial charge < -0.3 is 10.4 Å². The number of rotatable bonds is 6. The van der Waals surface area contributed by atoms with Gasteiger partial charge in [0.15, 0.2) is 0 Å². The molecule has 1 heterocycles. The molecule has 21 heavy (non-hydrogen) atoms. The minimum atomic E-state index is -1.21. The van der Waals surface area contributed by atoms with Crippen LogP contribution in [0.4, 0.5) is 11.4 Å². The van der Waals surface area contributed by atoms with Crippen LogP contribution in [0.3, 0.4) is 0 Å². The molecule has 1 aromatic heterocycles. The van der Waals surface area contributed by atoms with Gasteiger partial charge in [-0.3, -0.25) is 14.8 Å². The van der Waals surface area contributed by atoms with Crippen molar-refractivity contribution in [1.29, 1.82) is 0 Å². The fraction of sp³-hybridized carbons (Fsp3) is 0.231. The monoisotopic (exact) mass is 290 g/mol. The molecule has 0 aliphatic heterocycles. The summed E-state index contributed by atoms with van der Waals surface area (Å²) in [7, 11) is 1.82. The summed E-state index contributed by atoms with van der Waals surface area (Å²) in [6.07, 6.45) is 2.34. The van der Waals surface area contributed by atoms with E-state index in [1.165, 1.54) is 12.1 Å². The van der Waals surface area contributed by atoms with Gasteiger partial charge in [-0.2, -0.15) is 5.10 Å². The minimum absolute atomic E-state index is 0.116. The highest BCUT2D eigenvalue weighted by atomic mass is 16.6. The average molecular weight is 290 g/mol. The number of anilines is 1. The summed E-state index contributed by atoms with van der Waals surface area (Å²) in [5.74, 6) is -1.21. The van der Waals surface area contributed by atoms with Crippen molar-refractivity contribution in [3.8, 4) is 0 Å². The highest BCUT2D eigenvalue weighted by Crippen LogP contribution is 2.22. The fourth-order valence-electron chi connectivity index (χ4n) is 1.95. The van der Waals surface area contributed by atoms with Crippen LogP contribution >= 0.6 is 0 Å². The lowest BCUT2D eigenvalue weighted by Gasteiger charge is -2.09. The van der Waals surface area contributed by atoms with Gasteiger partial charge in [-0.1, -0.05) is 0 Å². The van der Waals surface area contributed by atoms with Gasteiger partial charge in [0, 0.05) is 49.7 Å². The Balaban J connectivity index is 2.10. The Labute approximate surface area is 120 Å². The number of non-ortho nitro benzene ring substituents is 1. The summed E-state index contributed by atoms with van der Waals surface area (Å²) in [6, 6.07) is 5.61. The predicted molar refractivity (Wildman–Crippen MR) is 75.5 cm³/mol. The molecule has 0 radical (unpaired) electrons. The number of carboxylic acid groups (broad SMARTS) is 1. The van der Waals surface area contributed by atoms with Crippen molar-refractivity contribution < 1.29 is 14.8 Å². The molecule has 1 aromatic carbocycles. The molecular weight excluding hydrogens is 276 g/mol. The van der Waals surface area contributed by atoms with Gasteiger partial charge in [-0.05, 0) is 12.1 Å². The number of carboxylic acids is 1. The standard InChI is InChI=1S/C13H14N4O4/c1-16-9(5-7-15-16)4-6-14-12-3-2-10(17(20)21)8-11(12)13(18)19/h2-3,5,7-8,14H,4,6H2,1H3,(H,18,19). The molecule has 0 fully saturated rings. The summed E-state index contributed by atoms with van der Waals surface area (Å²) in [4.78, 5) is 21.2. The van der Waals surface area contributed by atoms with Crippen LogP contribution < -0.4 is 5.32 Å². The Morgan fingerprint density at radius 1 is 1.48 bits per heavy atom. The van der Waals surface area contributed by atoms with E-state index in [-0.39, 0.29) is 11.3 Å². The average Bonchev–Trinajstić information content (AvgIpc) is 2.84. The molecule has 110 valence electrons. The number of aryl methyl sites for hydroxylation is 1. The SMILES string of the molecule is Cn1nccc1CCNc1ccc([N+](=O)[O-])cc1C(=O)O. The third-order valence-electron chi connectivity index (χ3n) is 3.06. The number of aromatic carboxylic acids is 1. The fourth-order valence-corrected chi connectivity index (χ4v) is 1.95. The Morgan fingerprint density at radius 3 is 2.81 bits per heavy atom. The minimum Gasteiger partial charge on any atom is -0.478 e. The first-order chi connectivity index (χ1) is 9.99. The Morgan fingerprint density at radius 2 is 2.24 bits per heavy atom. The Kier molecular flexibility index (Phi) is 4.17. The van der Waals surface area contributed by atoms with E-state index in [0.29, 0.717) is 18.7 Å². The molecule has 0 aliphatic carbocycles. The number of benzene rings is 1. The second kappa shape index (κ2) is 6.04. The summed E-state index contributed by atoms with van der Waals surface area (Å²) >= 11 is 0. The van der Waals surface area contributed by atoms with E-state index in [9.17, 15) is 14.9 Å². The van der Waals surface area contributed by atoms with Crippen LogP contribution in [0.25, 0.3) is 0 Å². The largest absolute Gasteiger partial charge is 0.478 e. The summed E-state index contributed by atoms with van der Waals surface area (Å²) < 4.78 is 1.73. The van der Waals surface area contributed by atoms with Crippen LogP contribution in [0.1, 0.15) is 16.1 Å². The molecule has 2 N–H and O–H groups in total. The molecule has 0 spiro atoms. The summed E-state index contributed by atoms with van der Waals surface area (Å²) in [5.41, 5.74) is 0.996. The molecular formula is C13H14N4O4. The molecule has 2 aromatic rings. The van der Waals surface area contributed by atoms with Crippen LogP contribution in [-0.2, 0) is 13.5 Å². The smallest absolute Gasteiger partial charge is 0.338 e. The van der Waals surface area contributed by atoms with E-state index in [2.05, 4.69) is 10.4 Å². The maximum absolute atomic E-state index is 11.2. The van der Waals surface area contributed by atoms with E-state index in [0.717, 1.165) is 11.8 Å². The first-order valence-corrected chi connectivity index (χ1v) is 6.21. The van der Waals surface area contributed by atoms with Crippen molar-refractivity contribution in [3.05, 3.63) is 51.8 Å². The molecule has 2 rings (SSSR count). The Hall–Kier alpha value is -2.90. The first kappa shape index (κ1) is 14.5. The number of carbonyl (C=O) groups is 1. The van der Waals surface area contributed by atoms with Gasteiger partial charge in [0.25, 0.3) is 5.69 Å². The van der Waals surface area contributed by atoms with Crippen molar-refractivity contribution in [2.75, 3.05) is 11.9 Å². The molecule has 0 bridgehead atoms. The number of aromatic nitrogens is 2. The number of nitrogens with zero attached hydrogens (tertiary/aromatic N) is 3. The lowest BCUT2D eigenvalue weighted by atomic mass is 10.1. The second-order valence-electron chi connectivity index (χ2n) is 4.42. The first-order valence-electron chi connectivity index (χ1n) is 6.21. The van der Waals surface area contributed by atoms with E-state index in [4.69, 9.17) is 5.11 Å². The van der Waals surface area contributed by atoms with Crippen molar-refractivity contribution in [2.24, 2.45) is 7.05 Å². The van der Waals surface area contributed by atoms with Crippen molar-refractivity contribution in [2.45, 2.75) is 6.42 Å². The zero-order valence-electron chi connectivity index (χ0n) is 11.3. The molecule has 0 saturated carbocycles. The van der Waals surface area contributed by atoms with E-state index in [1.807, 2.05) is 13.1 Å². The van der Waals surface area contributed by atoms with Gasteiger partial charge >= 0.3 is 5.97 Å². The van der Waals surface area contributed by atoms with Crippen molar-refractivity contribution in [1.82, 2.24) is 9.78 Å².